The molecule has 2 heterocycles. The first-order chi connectivity index (χ1) is 13.6. The first-order valence-corrected chi connectivity index (χ1v) is 10.1. The molecule has 1 aromatic carbocycles. The molecule has 1 fully saturated rings. The minimum absolute atomic E-state index is 0.102. The van der Waals surface area contributed by atoms with Crippen molar-refractivity contribution >= 4 is 28.9 Å². The molecule has 9 heteroatoms. The Balaban J connectivity index is 1.43. The van der Waals surface area contributed by atoms with Crippen LogP contribution in [0.25, 0.3) is 0 Å². The SMILES string of the molecule is CN=C(NCCNC(=O)c1scnc1C)N1CCN(c2ccccc2F)CC1. The Hall–Kier alpha value is -2.68. The first kappa shape index (κ1) is 20.1. The molecule has 0 saturated carbocycles. The lowest BCUT2D eigenvalue weighted by Crippen LogP contribution is -2.53. The van der Waals surface area contributed by atoms with Gasteiger partial charge < -0.3 is 20.4 Å². The molecule has 7 nitrogen and oxygen atoms in total. The fraction of sp³-hybridized carbons (Fsp3) is 0.421. The molecule has 0 aliphatic carbocycles. The third kappa shape index (κ3) is 4.78. The van der Waals surface area contributed by atoms with Crippen LogP contribution >= 0.6 is 11.3 Å². The molecule has 0 unspecified atom stereocenters. The number of carbonyl (C=O) groups is 1. The lowest BCUT2D eigenvalue weighted by atomic mass is 10.2. The molecule has 1 aliphatic rings. The summed E-state index contributed by atoms with van der Waals surface area (Å²) in [5.74, 6) is 0.497. The van der Waals surface area contributed by atoms with Crippen LogP contribution < -0.4 is 15.5 Å². The van der Waals surface area contributed by atoms with Crippen molar-refractivity contribution in [2.75, 3.05) is 51.2 Å². The van der Waals surface area contributed by atoms with Crippen LogP contribution in [0.5, 0.6) is 0 Å². The second-order valence-corrected chi connectivity index (χ2v) is 7.28. The van der Waals surface area contributed by atoms with Crippen LogP contribution in [0.4, 0.5) is 10.1 Å². The lowest BCUT2D eigenvalue weighted by molar-refractivity contribution is 0.0957. The van der Waals surface area contributed by atoms with Crippen molar-refractivity contribution in [2.45, 2.75) is 6.92 Å². The third-order valence-corrected chi connectivity index (χ3v) is 5.56. The Bertz CT molecular complexity index is 831. The van der Waals surface area contributed by atoms with Gasteiger partial charge in [0.1, 0.15) is 10.7 Å². The second-order valence-electron chi connectivity index (χ2n) is 6.42. The summed E-state index contributed by atoms with van der Waals surface area (Å²) in [5.41, 5.74) is 3.07. The molecular formula is C19H25FN6OS. The Morgan fingerprint density at radius 1 is 1.21 bits per heavy atom. The van der Waals surface area contributed by atoms with Crippen molar-refractivity contribution in [3.05, 3.63) is 46.2 Å². The molecule has 1 aliphatic heterocycles. The molecule has 2 aromatic rings. The number of benzene rings is 1. The number of anilines is 1. The van der Waals surface area contributed by atoms with Gasteiger partial charge in [-0.15, -0.1) is 11.3 Å². The number of thiazole rings is 1. The normalized spacial score (nSPS) is 14.9. The average molecular weight is 405 g/mol. The number of hydrogen-bond donors (Lipinski definition) is 2. The monoisotopic (exact) mass is 404 g/mol. The topological polar surface area (TPSA) is 72.9 Å². The van der Waals surface area contributed by atoms with Crippen molar-refractivity contribution < 1.29 is 9.18 Å². The van der Waals surface area contributed by atoms with Gasteiger partial charge in [-0.1, -0.05) is 12.1 Å². The number of aromatic nitrogens is 1. The summed E-state index contributed by atoms with van der Waals surface area (Å²) in [5, 5.41) is 6.17. The molecule has 3 rings (SSSR count). The molecule has 1 aromatic heterocycles. The highest BCUT2D eigenvalue weighted by Crippen LogP contribution is 2.20. The number of para-hydroxylation sites is 1. The lowest BCUT2D eigenvalue weighted by Gasteiger charge is -2.37. The fourth-order valence-electron chi connectivity index (χ4n) is 3.15. The number of piperazine rings is 1. The number of carbonyl (C=O) groups excluding carboxylic acids is 1. The number of hydrogen-bond acceptors (Lipinski definition) is 5. The van der Waals surface area contributed by atoms with Crippen molar-refractivity contribution in [2.24, 2.45) is 4.99 Å². The first-order valence-electron chi connectivity index (χ1n) is 9.23. The molecule has 1 saturated heterocycles. The predicted octanol–water partition coefficient (Wildman–Crippen LogP) is 1.72. The van der Waals surface area contributed by atoms with Crippen molar-refractivity contribution in [3.8, 4) is 0 Å². The fourth-order valence-corrected chi connectivity index (χ4v) is 3.87. The second kappa shape index (κ2) is 9.50. The van der Waals surface area contributed by atoms with Crippen LogP contribution in [0.3, 0.4) is 0 Å². The van der Waals surface area contributed by atoms with Gasteiger partial charge >= 0.3 is 0 Å². The summed E-state index contributed by atoms with van der Waals surface area (Å²) in [4.78, 5) is 25.4. The van der Waals surface area contributed by atoms with Crippen LogP contribution in [-0.4, -0.2) is 68.1 Å². The quantitative estimate of drug-likeness (QED) is 0.451. The minimum atomic E-state index is -0.189. The van der Waals surface area contributed by atoms with Crippen LogP contribution in [0, 0.1) is 12.7 Å². The molecule has 1 amide bonds. The summed E-state index contributed by atoms with van der Waals surface area (Å²) >= 11 is 1.34. The number of aryl methyl sites for hydroxylation is 1. The summed E-state index contributed by atoms with van der Waals surface area (Å²) in [6.07, 6.45) is 0. The zero-order chi connectivity index (χ0) is 19.9. The minimum Gasteiger partial charge on any atom is -0.366 e. The molecular weight excluding hydrogens is 379 g/mol. The number of guanidine groups is 1. The van der Waals surface area contributed by atoms with E-state index in [1.807, 2.05) is 19.1 Å². The zero-order valence-corrected chi connectivity index (χ0v) is 16.9. The Morgan fingerprint density at radius 2 is 1.93 bits per heavy atom. The molecule has 0 radical (unpaired) electrons. The number of amides is 1. The van der Waals surface area contributed by atoms with Gasteiger partial charge in [-0.3, -0.25) is 9.79 Å². The largest absolute Gasteiger partial charge is 0.366 e. The van der Waals surface area contributed by atoms with E-state index in [-0.39, 0.29) is 11.7 Å². The smallest absolute Gasteiger partial charge is 0.263 e. The molecule has 0 atom stereocenters. The predicted molar refractivity (Wildman–Crippen MR) is 111 cm³/mol. The van der Waals surface area contributed by atoms with Gasteiger partial charge in [-0.05, 0) is 19.1 Å². The molecule has 28 heavy (non-hydrogen) atoms. The van der Waals surface area contributed by atoms with Crippen LogP contribution in [0.1, 0.15) is 15.4 Å². The highest BCUT2D eigenvalue weighted by atomic mass is 32.1. The van der Waals surface area contributed by atoms with E-state index < -0.39 is 0 Å². The van der Waals surface area contributed by atoms with Crippen LogP contribution in [0.2, 0.25) is 0 Å². The number of nitrogens with zero attached hydrogens (tertiary/aromatic N) is 4. The number of halogens is 1. The van der Waals surface area contributed by atoms with E-state index in [1.165, 1.54) is 17.4 Å². The van der Waals surface area contributed by atoms with Crippen LogP contribution in [0.15, 0.2) is 34.8 Å². The van der Waals surface area contributed by atoms with Gasteiger partial charge in [0.25, 0.3) is 5.91 Å². The number of aliphatic imine (C=N–C) groups is 1. The van der Waals surface area contributed by atoms with E-state index in [9.17, 15) is 9.18 Å². The maximum Gasteiger partial charge on any atom is 0.263 e. The maximum absolute atomic E-state index is 14.0. The van der Waals surface area contributed by atoms with Crippen molar-refractivity contribution in [3.63, 3.8) is 0 Å². The number of nitrogens with one attached hydrogen (secondary N) is 2. The highest BCUT2D eigenvalue weighted by molar-refractivity contribution is 7.11. The number of rotatable bonds is 5. The van der Waals surface area contributed by atoms with Gasteiger partial charge in [0.05, 0.1) is 16.9 Å². The molecule has 2 N–H and O–H groups in total. The van der Waals surface area contributed by atoms with E-state index in [1.54, 1.807) is 18.6 Å². The zero-order valence-electron chi connectivity index (χ0n) is 16.1. The van der Waals surface area contributed by atoms with Gasteiger partial charge in [0, 0.05) is 46.3 Å². The molecule has 0 spiro atoms. The molecule has 0 bridgehead atoms. The Labute approximate surface area is 168 Å². The average Bonchev–Trinajstić information content (AvgIpc) is 3.15. The van der Waals surface area contributed by atoms with Gasteiger partial charge in [0.15, 0.2) is 5.96 Å². The van der Waals surface area contributed by atoms with Crippen molar-refractivity contribution in [1.82, 2.24) is 20.5 Å². The van der Waals surface area contributed by atoms with E-state index >= 15 is 0 Å². The summed E-state index contributed by atoms with van der Waals surface area (Å²) < 4.78 is 14.0. The van der Waals surface area contributed by atoms with E-state index in [4.69, 9.17) is 0 Å². The van der Waals surface area contributed by atoms with E-state index in [2.05, 4.69) is 30.4 Å². The molecule has 150 valence electrons. The van der Waals surface area contributed by atoms with Crippen molar-refractivity contribution in [1.29, 1.82) is 0 Å². The third-order valence-electron chi connectivity index (χ3n) is 4.63. The van der Waals surface area contributed by atoms with Gasteiger partial charge in [-0.2, -0.15) is 0 Å². The van der Waals surface area contributed by atoms with E-state index in [0.717, 1.165) is 37.8 Å². The maximum atomic E-state index is 14.0. The van der Waals surface area contributed by atoms with E-state index in [0.29, 0.717) is 23.7 Å². The van der Waals surface area contributed by atoms with Crippen LogP contribution in [-0.2, 0) is 0 Å². The summed E-state index contributed by atoms with van der Waals surface area (Å²) in [6, 6.07) is 6.86. The standard InChI is InChI=1S/C19H25FN6OS/c1-14-17(28-13-24-14)18(27)22-7-8-23-19(21-2)26-11-9-25(10-12-26)16-6-4-3-5-15(16)20/h3-6,13H,7-12H2,1-2H3,(H,21,23)(H,22,27). The summed E-state index contributed by atoms with van der Waals surface area (Å²) in [6.45, 7) is 5.84. The Morgan fingerprint density at radius 3 is 2.57 bits per heavy atom. The Kier molecular flexibility index (Phi) is 6.80. The highest BCUT2D eigenvalue weighted by Gasteiger charge is 2.21. The van der Waals surface area contributed by atoms with Gasteiger partial charge in [-0.25, -0.2) is 9.37 Å². The van der Waals surface area contributed by atoms with Gasteiger partial charge in [0.2, 0.25) is 0 Å². The summed E-state index contributed by atoms with van der Waals surface area (Å²) in [7, 11) is 1.74.